The average Bonchev–Trinajstić information content (AvgIpc) is 2.78. The number of nitrogens with zero attached hydrogens (tertiary/aromatic N) is 1. The Morgan fingerprint density at radius 2 is 1.63 bits per heavy atom. The van der Waals surface area contributed by atoms with Crippen molar-refractivity contribution >= 4 is 32.4 Å². The van der Waals surface area contributed by atoms with E-state index in [0.717, 1.165) is 36.8 Å². The standard InChI is InChI=1S/C23H25ClN2O3S/c24-22-8-3-4-9-23(22)29-17-5-12-25-13-15-26(16-14-25)30(27,28)21-11-10-19-6-1-2-7-20(19)18-21/h1-4,6-11,18H,5,12-17H2/p+1. The molecule has 1 aliphatic rings. The Balaban J connectivity index is 1.28. The van der Waals surface area contributed by atoms with Crippen molar-refractivity contribution in [3.8, 4) is 5.75 Å². The lowest BCUT2D eigenvalue weighted by Gasteiger charge is -2.31. The zero-order chi connectivity index (χ0) is 21.0. The molecule has 0 radical (unpaired) electrons. The fraction of sp³-hybridized carbons (Fsp3) is 0.304. The van der Waals surface area contributed by atoms with E-state index in [-0.39, 0.29) is 0 Å². The highest BCUT2D eigenvalue weighted by Crippen LogP contribution is 2.23. The molecule has 1 aliphatic heterocycles. The number of para-hydroxylation sites is 1. The lowest BCUT2D eigenvalue weighted by Crippen LogP contribution is -3.14. The Bertz CT molecular complexity index is 1110. The number of hydrogen-bond acceptors (Lipinski definition) is 3. The van der Waals surface area contributed by atoms with Crippen LogP contribution in [0.5, 0.6) is 5.75 Å². The Kier molecular flexibility index (Phi) is 6.58. The van der Waals surface area contributed by atoms with Gasteiger partial charge in [-0.3, -0.25) is 0 Å². The number of fused-ring (bicyclic) bond motifs is 1. The van der Waals surface area contributed by atoms with E-state index in [4.69, 9.17) is 16.3 Å². The van der Waals surface area contributed by atoms with E-state index < -0.39 is 10.0 Å². The van der Waals surface area contributed by atoms with Gasteiger partial charge in [0.25, 0.3) is 0 Å². The first-order chi connectivity index (χ1) is 14.5. The fourth-order valence-electron chi connectivity index (χ4n) is 3.84. The van der Waals surface area contributed by atoms with Gasteiger partial charge >= 0.3 is 0 Å². The fourth-order valence-corrected chi connectivity index (χ4v) is 5.50. The second-order valence-corrected chi connectivity index (χ2v) is 9.89. The number of sulfonamides is 1. The van der Waals surface area contributed by atoms with Crippen LogP contribution in [-0.2, 0) is 10.0 Å². The van der Waals surface area contributed by atoms with Gasteiger partial charge < -0.3 is 9.64 Å². The molecule has 0 amide bonds. The summed E-state index contributed by atoms with van der Waals surface area (Å²) in [5.41, 5.74) is 0. The van der Waals surface area contributed by atoms with E-state index in [0.29, 0.717) is 35.4 Å². The van der Waals surface area contributed by atoms with Crippen molar-refractivity contribution in [3.63, 3.8) is 0 Å². The van der Waals surface area contributed by atoms with Gasteiger partial charge in [-0.2, -0.15) is 4.31 Å². The van der Waals surface area contributed by atoms with E-state index in [1.54, 1.807) is 16.4 Å². The molecule has 1 fully saturated rings. The monoisotopic (exact) mass is 445 g/mol. The first-order valence-corrected chi connectivity index (χ1v) is 12.1. The molecule has 0 unspecified atom stereocenters. The lowest BCUT2D eigenvalue weighted by atomic mass is 10.1. The van der Waals surface area contributed by atoms with Crippen LogP contribution in [0.2, 0.25) is 5.02 Å². The number of hydrogen-bond donors (Lipinski definition) is 1. The van der Waals surface area contributed by atoms with Crippen LogP contribution >= 0.6 is 11.6 Å². The first-order valence-electron chi connectivity index (χ1n) is 10.2. The van der Waals surface area contributed by atoms with Crippen molar-refractivity contribution in [1.82, 2.24) is 4.31 Å². The zero-order valence-electron chi connectivity index (χ0n) is 16.8. The molecule has 0 bridgehead atoms. The number of rotatable bonds is 7. The van der Waals surface area contributed by atoms with E-state index in [1.807, 2.05) is 54.6 Å². The molecule has 3 aromatic carbocycles. The van der Waals surface area contributed by atoms with Gasteiger partial charge in [-0.05, 0) is 35.0 Å². The predicted octanol–water partition coefficient (Wildman–Crippen LogP) is 2.85. The molecule has 7 heteroatoms. The topological polar surface area (TPSA) is 51.0 Å². The second-order valence-electron chi connectivity index (χ2n) is 7.55. The van der Waals surface area contributed by atoms with Gasteiger partial charge in [0, 0.05) is 6.42 Å². The number of halogens is 1. The van der Waals surface area contributed by atoms with Gasteiger partial charge in [-0.25, -0.2) is 8.42 Å². The molecule has 5 nitrogen and oxygen atoms in total. The summed E-state index contributed by atoms with van der Waals surface area (Å²) in [5, 5.41) is 2.61. The number of quaternary nitrogens is 1. The molecule has 1 N–H and O–H groups in total. The molecule has 0 saturated carbocycles. The Morgan fingerprint density at radius 1 is 0.933 bits per heavy atom. The van der Waals surface area contributed by atoms with Crippen molar-refractivity contribution in [2.45, 2.75) is 11.3 Å². The molecule has 0 aromatic heterocycles. The predicted molar refractivity (Wildman–Crippen MR) is 120 cm³/mol. The van der Waals surface area contributed by atoms with Crippen LogP contribution in [0.1, 0.15) is 6.42 Å². The third-order valence-corrected chi connectivity index (χ3v) is 7.76. The maximum absolute atomic E-state index is 13.1. The number of ether oxygens (including phenoxy) is 1. The minimum absolute atomic E-state index is 0.373. The van der Waals surface area contributed by atoms with Crippen LogP contribution in [0, 0.1) is 0 Å². The van der Waals surface area contributed by atoms with Crippen LogP contribution < -0.4 is 9.64 Å². The summed E-state index contributed by atoms with van der Waals surface area (Å²) >= 11 is 6.10. The van der Waals surface area contributed by atoms with Crippen molar-refractivity contribution < 1.29 is 18.1 Å². The Labute approximate surface area is 182 Å². The van der Waals surface area contributed by atoms with E-state index in [1.165, 1.54) is 4.90 Å². The molecular formula is C23H26ClN2O3S+. The highest BCUT2D eigenvalue weighted by Gasteiger charge is 2.30. The summed E-state index contributed by atoms with van der Waals surface area (Å²) in [4.78, 5) is 1.78. The zero-order valence-corrected chi connectivity index (χ0v) is 18.3. The summed E-state index contributed by atoms with van der Waals surface area (Å²) in [6, 6.07) is 20.6. The van der Waals surface area contributed by atoms with E-state index in [9.17, 15) is 8.42 Å². The second kappa shape index (κ2) is 9.35. The van der Waals surface area contributed by atoms with Crippen molar-refractivity contribution in [2.75, 3.05) is 39.3 Å². The maximum atomic E-state index is 13.1. The van der Waals surface area contributed by atoms with Gasteiger partial charge in [0.1, 0.15) is 5.75 Å². The third kappa shape index (κ3) is 4.78. The van der Waals surface area contributed by atoms with Crippen LogP contribution in [0.15, 0.2) is 71.6 Å². The van der Waals surface area contributed by atoms with Crippen LogP contribution in [0.4, 0.5) is 0 Å². The summed E-state index contributed by atoms with van der Waals surface area (Å²) in [6.45, 7) is 4.24. The quantitative estimate of drug-likeness (QED) is 0.569. The molecule has 3 aromatic rings. The van der Waals surface area contributed by atoms with Crippen LogP contribution in [-0.4, -0.2) is 52.1 Å². The van der Waals surface area contributed by atoms with Crippen molar-refractivity contribution in [2.24, 2.45) is 0 Å². The molecular weight excluding hydrogens is 420 g/mol. The van der Waals surface area contributed by atoms with Crippen molar-refractivity contribution in [1.29, 1.82) is 0 Å². The van der Waals surface area contributed by atoms with Crippen LogP contribution in [0.3, 0.4) is 0 Å². The van der Waals surface area contributed by atoms with Gasteiger partial charge in [-0.1, -0.05) is 54.1 Å². The Hall–Kier alpha value is -2.12. The van der Waals surface area contributed by atoms with Crippen molar-refractivity contribution in [3.05, 3.63) is 71.8 Å². The number of nitrogens with one attached hydrogen (secondary N) is 1. The largest absolute Gasteiger partial charge is 0.492 e. The molecule has 0 atom stereocenters. The molecule has 30 heavy (non-hydrogen) atoms. The molecule has 1 saturated heterocycles. The molecule has 158 valence electrons. The van der Waals surface area contributed by atoms with Gasteiger partial charge in [0.2, 0.25) is 10.0 Å². The summed E-state index contributed by atoms with van der Waals surface area (Å²) in [5.74, 6) is 0.709. The van der Waals surface area contributed by atoms with Gasteiger partial charge in [0.15, 0.2) is 0 Å². The highest BCUT2D eigenvalue weighted by molar-refractivity contribution is 7.89. The van der Waals surface area contributed by atoms with Gasteiger partial charge in [-0.15, -0.1) is 0 Å². The smallest absolute Gasteiger partial charge is 0.243 e. The van der Waals surface area contributed by atoms with E-state index >= 15 is 0 Å². The molecule has 4 rings (SSSR count). The summed E-state index contributed by atoms with van der Waals surface area (Å²) in [7, 11) is -3.46. The minimum Gasteiger partial charge on any atom is -0.492 e. The first kappa shape index (κ1) is 21.1. The number of piperazine rings is 1. The van der Waals surface area contributed by atoms with E-state index in [2.05, 4.69) is 0 Å². The highest BCUT2D eigenvalue weighted by atomic mass is 35.5. The molecule has 1 heterocycles. The molecule has 0 spiro atoms. The maximum Gasteiger partial charge on any atom is 0.243 e. The Morgan fingerprint density at radius 3 is 2.40 bits per heavy atom. The summed E-state index contributed by atoms with van der Waals surface area (Å²) in [6.07, 6.45) is 0.901. The van der Waals surface area contributed by atoms with Crippen LogP contribution in [0.25, 0.3) is 10.8 Å². The normalized spacial score (nSPS) is 16.0. The third-order valence-electron chi connectivity index (χ3n) is 5.56. The minimum atomic E-state index is -3.46. The SMILES string of the molecule is O=S(=O)(c1ccc2ccccc2c1)N1CC[NH+](CCCOc2ccccc2Cl)CC1. The van der Waals surface area contributed by atoms with Gasteiger partial charge in [0.05, 0.1) is 49.2 Å². The molecule has 0 aliphatic carbocycles. The average molecular weight is 446 g/mol. The lowest BCUT2D eigenvalue weighted by molar-refractivity contribution is -0.903. The number of benzene rings is 3. The summed E-state index contributed by atoms with van der Waals surface area (Å²) < 4.78 is 33.5.